The predicted octanol–water partition coefficient (Wildman–Crippen LogP) is -0.112. The molecule has 0 radical (unpaired) electrons. The second-order valence-corrected chi connectivity index (χ2v) is 1.87. The lowest BCUT2D eigenvalue weighted by molar-refractivity contribution is -0.152. The molecule has 0 rings (SSSR count). The monoisotopic (exact) mass is 181 g/mol. The highest BCUT2D eigenvalue weighted by molar-refractivity contribution is 6.35. The molecule has 1 unspecified atom stereocenters. The van der Waals surface area contributed by atoms with Crippen molar-refractivity contribution in [2.45, 2.75) is 19.4 Å². The van der Waals surface area contributed by atoms with E-state index in [-0.39, 0.29) is 12.4 Å². The average Bonchev–Trinajstić information content (AvgIpc) is 2.00. The van der Waals surface area contributed by atoms with Crippen molar-refractivity contribution < 1.29 is 14.3 Å². The number of methoxy groups -OCH3 is 1. The highest BCUT2D eigenvalue weighted by atomic mass is 35.5. The number of ketones is 1. The van der Waals surface area contributed by atoms with Crippen LogP contribution in [0.1, 0.15) is 13.3 Å². The van der Waals surface area contributed by atoms with Gasteiger partial charge in [0.25, 0.3) is 5.78 Å². The molecule has 0 aliphatic heterocycles. The quantitative estimate of drug-likeness (QED) is 0.487. The maximum Gasteiger partial charge on any atom is 0.376 e. The van der Waals surface area contributed by atoms with E-state index in [0.29, 0.717) is 6.42 Å². The Bertz CT molecular complexity index is 149. The van der Waals surface area contributed by atoms with Gasteiger partial charge in [0.1, 0.15) is 0 Å². The van der Waals surface area contributed by atoms with Gasteiger partial charge < -0.3 is 10.5 Å². The topological polar surface area (TPSA) is 69.4 Å². The van der Waals surface area contributed by atoms with Crippen LogP contribution in [0, 0.1) is 0 Å². The van der Waals surface area contributed by atoms with E-state index in [1.54, 1.807) is 6.92 Å². The van der Waals surface area contributed by atoms with Crippen molar-refractivity contribution in [1.82, 2.24) is 0 Å². The minimum absolute atomic E-state index is 0. The summed E-state index contributed by atoms with van der Waals surface area (Å²) in [5, 5.41) is 0. The van der Waals surface area contributed by atoms with Crippen LogP contribution < -0.4 is 5.73 Å². The van der Waals surface area contributed by atoms with Crippen molar-refractivity contribution in [3.8, 4) is 0 Å². The Kier molecular flexibility index (Phi) is 7.24. The van der Waals surface area contributed by atoms with Crippen molar-refractivity contribution in [3.05, 3.63) is 0 Å². The molecule has 0 aromatic heterocycles. The second-order valence-electron chi connectivity index (χ2n) is 1.87. The maximum absolute atomic E-state index is 10.7. The van der Waals surface area contributed by atoms with E-state index < -0.39 is 17.8 Å². The number of hydrogen-bond acceptors (Lipinski definition) is 4. The van der Waals surface area contributed by atoms with E-state index in [0.717, 1.165) is 7.11 Å². The zero-order chi connectivity index (χ0) is 8.15. The summed E-state index contributed by atoms with van der Waals surface area (Å²) in [4.78, 5) is 21.2. The van der Waals surface area contributed by atoms with Crippen LogP contribution in [0.4, 0.5) is 0 Å². The van der Waals surface area contributed by atoms with Crippen LogP contribution >= 0.6 is 12.4 Å². The van der Waals surface area contributed by atoms with Gasteiger partial charge in [0.2, 0.25) is 0 Å². The van der Waals surface area contributed by atoms with Crippen LogP contribution in [0.25, 0.3) is 0 Å². The summed E-state index contributed by atoms with van der Waals surface area (Å²) in [5.41, 5.74) is 5.24. The van der Waals surface area contributed by atoms with Crippen molar-refractivity contribution in [3.63, 3.8) is 0 Å². The molecule has 0 saturated carbocycles. The number of carbonyl (C=O) groups is 2. The summed E-state index contributed by atoms with van der Waals surface area (Å²) >= 11 is 0. The van der Waals surface area contributed by atoms with Gasteiger partial charge in [0.05, 0.1) is 13.2 Å². The zero-order valence-corrected chi connectivity index (χ0v) is 7.31. The smallest absolute Gasteiger partial charge is 0.376 e. The third kappa shape index (κ3) is 3.95. The van der Waals surface area contributed by atoms with Gasteiger partial charge in [-0.3, -0.25) is 4.79 Å². The van der Waals surface area contributed by atoms with E-state index in [4.69, 9.17) is 5.73 Å². The fraction of sp³-hybridized carbons (Fsp3) is 0.667. The van der Waals surface area contributed by atoms with Gasteiger partial charge in [-0.1, -0.05) is 6.92 Å². The van der Waals surface area contributed by atoms with E-state index in [1.807, 2.05) is 0 Å². The minimum Gasteiger partial charge on any atom is -0.463 e. The highest BCUT2D eigenvalue weighted by Crippen LogP contribution is 1.89. The molecule has 2 N–H and O–H groups in total. The van der Waals surface area contributed by atoms with E-state index in [9.17, 15) is 9.59 Å². The molecular formula is C6H12ClNO3. The van der Waals surface area contributed by atoms with Gasteiger partial charge in [-0.2, -0.15) is 0 Å². The van der Waals surface area contributed by atoms with Crippen LogP contribution in [0.5, 0.6) is 0 Å². The average molecular weight is 182 g/mol. The van der Waals surface area contributed by atoms with Crippen molar-refractivity contribution >= 4 is 24.2 Å². The first-order valence-electron chi connectivity index (χ1n) is 3.01. The molecule has 0 aromatic rings. The fourth-order valence-electron chi connectivity index (χ4n) is 0.437. The Hall–Kier alpha value is -0.610. The third-order valence-corrected chi connectivity index (χ3v) is 1.16. The molecule has 4 nitrogen and oxygen atoms in total. The van der Waals surface area contributed by atoms with Crippen LogP contribution in [-0.4, -0.2) is 24.9 Å². The number of esters is 1. The Balaban J connectivity index is 0. The number of carbonyl (C=O) groups excluding carboxylic acids is 2. The largest absolute Gasteiger partial charge is 0.463 e. The summed E-state index contributed by atoms with van der Waals surface area (Å²) < 4.78 is 4.17. The van der Waals surface area contributed by atoms with Gasteiger partial charge in [0.15, 0.2) is 0 Å². The first-order chi connectivity index (χ1) is 4.63. The molecule has 0 amide bonds. The van der Waals surface area contributed by atoms with E-state index in [2.05, 4.69) is 4.74 Å². The number of Topliss-reactive ketones (excluding diaryl/α,β-unsaturated/α-hetero) is 1. The van der Waals surface area contributed by atoms with Crippen LogP contribution in [-0.2, 0) is 14.3 Å². The van der Waals surface area contributed by atoms with Crippen molar-refractivity contribution in [2.75, 3.05) is 7.11 Å². The molecule has 0 aliphatic carbocycles. The zero-order valence-electron chi connectivity index (χ0n) is 6.49. The van der Waals surface area contributed by atoms with E-state index in [1.165, 1.54) is 0 Å². The van der Waals surface area contributed by atoms with Crippen LogP contribution in [0.3, 0.4) is 0 Å². The van der Waals surface area contributed by atoms with Crippen molar-refractivity contribution in [2.24, 2.45) is 5.73 Å². The third-order valence-electron chi connectivity index (χ3n) is 1.16. The molecule has 0 aliphatic rings. The molecule has 11 heavy (non-hydrogen) atoms. The molecule has 0 saturated heterocycles. The normalized spacial score (nSPS) is 11.2. The summed E-state index contributed by atoms with van der Waals surface area (Å²) in [6, 6.07) is -0.715. The number of halogens is 1. The number of nitrogens with two attached hydrogens (primary N) is 1. The predicted molar refractivity (Wildman–Crippen MR) is 42.5 cm³/mol. The summed E-state index contributed by atoms with van der Waals surface area (Å²) in [6.45, 7) is 1.73. The lowest BCUT2D eigenvalue weighted by Gasteiger charge is -2.03. The summed E-state index contributed by atoms with van der Waals surface area (Å²) in [5.74, 6) is -1.53. The number of rotatable bonds is 3. The Morgan fingerprint density at radius 3 is 2.27 bits per heavy atom. The van der Waals surface area contributed by atoms with Crippen LogP contribution in [0.15, 0.2) is 0 Å². The molecule has 5 heteroatoms. The van der Waals surface area contributed by atoms with E-state index >= 15 is 0 Å². The summed E-state index contributed by atoms with van der Waals surface area (Å²) in [6.07, 6.45) is 0.452. The Morgan fingerprint density at radius 2 is 2.00 bits per heavy atom. The van der Waals surface area contributed by atoms with Gasteiger partial charge in [-0.25, -0.2) is 4.79 Å². The van der Waals surface area contributed by atoms with Crippen LogP contribution in [0.2, 0.25) is 0 Å². The van der Waals surface area contributed by atoms with Crippen molar-refractivity contribution in [1.29, 1.82) is 0 Å². The maximum atomic E-state index is 10.7. The Labute approximate surface area is 71.5 Å². The molecule has 1 atom stereocenters. The van der Waals surface area contributed by atoms with Gasteiger partial charge >= 0.3 is 5.97 Å². The first kappa shape index (κ1) is 13.0. The minimum atomic E-state index is -0.866. The molecule has 0 heterocycles. The molecule has 0 bridgehead atoms. The SMILES string of the molecule is CCC(N)C(=O)C(=O)OC.Cl. The molecule has 66 valence electrons. The number of hydrogen-bond donors (Lipinski definition) is 1. The van der Waals surface area contributed by atoms with Gasteiger partial charge in [-0.15, -0.1) is 12.4 Å². The second kappa shape index (κ2) is 6.12. The number of ether oxygens (including phenoxy) is 1. The lowest BCUT2D eigenvalue weighted by atomic mass is 10.1. The molecule has 0 aromatic carbocycles. The summed E-state index contributed by atoms with van der Waals surface area (Å²) in [7, 11) is 1.16. The van der Waals surface area contributed by atoms with Gasteiger partial charge in [0, 0.05) is 0 Å². The highest BCUT2D eigenvalue weighted by Gasteiger charge is 2.20. The molecular weight excluding hydrogens is 170 g/mol. The fourth-order valence-corrected chi connectivity index (χ4v) is 0.437. The first-order valence-corrected chi connectivity index (χ1v) is 3.01. The standard InChI is InChI=1S/C6H11NO3.ClH/c1-3-4(7)5(8)6(9)10-2;/h4H,3,7H2,1-2H3;1H. The van der Waals surface area contributed by atoms with Gasteiger partial charge in [-0.05, 0) is 6.42 Å². The molecule has 0 spiro atoms. The lowest BCUT2D eigenvalue weighted by Crippen LogP contribution is -2.35. The Morgan fingerprint density at radius 1 is 1.55 bits per heavy atom. The molecule has 0 fully saturated rings.